The zero-order valence-electron chi connectivity index (χ0n) is 18.3. The summed E-state index contributed by atoms with van der Waals surface area (Å²) in [5.74, 6) is -1.78. The number of methoxy groups -OCH3 is 1. The molecule has 178 valence electrons. The maximum atomic E-state index is 15.3. The van der Waals surface area contributed by atoms with Crippen LogP contribution in [-0.4, -0.2) is 45.7 Å². The second kappa shape index (κ2) is 8.43. The number of H-pyrrole nitrogens is 1. The molecule has 3 heterocycles. The Hall–Kier alpha value is -4.39. The topological polar surface area (TPSA) is 128 Å². The van der Waals surface area contributed by atoms with E-state index < -0.39 is 33.0 Å². The Labute approximate surface area is 197 Å². The third kappa shape index (κ3) is 4.05. The molecular formula is C22H17F2N7O3S. The first-order valence-corrected chi connectivity index (χ1v) is 11.6. The minimum Gasteiger partial charge on any atom is -0.479 e. The Morgan fingerprint density at radius 2 is 1.97 bits per heavy atom. The Morgan fingerprint density at radius 1 is 1.14 bits per heavy atom. The van der Waals surface area contributed by atoms with Crippen molar-refractivity contribution in [1.29, 1.82) is 0 Å². The van der Waals surface area contributed by atoms with Gasteiger partial charge in [0.25, 0.3) is 10.0 Å². The molecule has 13 heteroatoms. The van der Waals surface area contributed by atoms with E-state index in [4.69, 9.17) is 4.74 Å². The third-order valence-corrected chi connectivity index (χ3v) is 6.57. The quantitative estimate of drug-likeness (QED) is 0.367. The Morgan fingerprint density at radius 3 is 2.74 bits per heavy atom. The minimum atomic E-state index is -4.12. The van der Waals surface area contributed by atoms with Crippen molar-refractivity contribution < 1.29 is 21.9 Å². The van der Waals surface area contributed by atoms with Crippen molar-refractivity contribution in [3.63, 3.8) is 0 Å². The predicted molar refractivity (Wildman–Crippen MR) is 123 cm³/mol. The number of rotatable bonds is 6. The lowest BCUT2D eigenvalue weighted by atomic mass is 10.2. The fourth-order valence-electron chi connectivity index (χ4n) is 3.50. The highest BCUT2D eigenvalue weighted by atomic mass is 32.2. The molecule has 0 spiro atoms. The molecule has 0 aliphatic heterocycles. The molecule has 35 heavy (non-hydrogen) atoms. The second-order valence-corrected chi connectivity index (χ2v) is 9.26. The Balaban J connectivity index is 1.51. The van der Waals surface area contributed by atoms with Crippen LogP contribution in [-0.2, 0) is 10.0 Å². The van der Waals surface area contributed by atoms with Gasteiger partial charge in [-0.15, -0.1) is 10.2 Å². The van der Waals surface area contributed by atoms with Crippen LogP contribution < -0.4 is 9.46 Å². The van der Waals surface area contributed by atoms with Crippen molar-refractivity contribution in [2.24, 2.45) is 0 Å². The molecule has 0 saturated carbocycles. The van der Waals surface area contributed by atoms with Crippen LogP contribution in [0.15, 0.2) is 59.8 Å². The number of fused-ring (bicyclic) bond motifs is 1. The lowest BCUT2D eigenvalue weighted by Crippen LogP contribution is -2.15. The number of hydrogen-bond acceptors (Lipinski definition) is 7. The first-order valence-electron chi connectivity index (χ1n) is 10.2. The SMILES string of the molecule is COc1n[nH]c2ncc(-c3cn(-c4c(F)ccc(NS(=O)(=O)c5cccc(C)c5)c4F)nn3)cc12. The van der Waals surface area contributed by atoms with Crippen molar-refractivity contribution in [2.45, 2.75) is 11.8 Å². The van der Waals surface area contributed by atoms with E-state index in [0.29, 0.717) is 28.0 Å². The lowest BCUT2D eigenvalue weighted by Gasteiger charge is -2.12. The van der Waals surface area contributed by atoms with Gasteiger partial charge in [-0.2, -0.15) is 0 Å². The van der Waals surface area contributed by atoms with Crippen LogP contribution in [0.4, 0.5) is 14.5 Å². The molecule has 0 aliphatic rings. The minimum absolute atomic E-state index is 0.0524. The van der Waals surface area contributed by atoms with E-state index in [2.05, 4.69) is 30.2 Å². The van der Waals surface area contributed by atoms with Crippen LogP contribution in [0.25, 0.3) is 28.0 Å². The van der Waals surface area contributed by atoms with Gasteiger partial charge in [0.1, 0.15) is 11.4 Å². The number of nitrogens with one attached hydrogen (secondary N) is 2. The molecule has 2 aromatic carbocycles. The molecule has 0 fully saturated rings. The normalized spacial score (nSPS) is 11.7. The van der Waals surface area contributed by atoms with Gasteiger partial charge in [0.05, 0.1) is 29.3 Å². The zero-order valence-corrected chi connectivity index (χ0v) is 19.1. The van der Waals surface area contributed by atoms with Gasteiger partial charge in [0, 0.05) is 11.8 Å². The van der Waals surface area contributed by atoms with Gasteiger partial charge < -0.3 is 4.74 Å². The van der Waals surface area contributed by atoms with Gasteiger partial charge >= 0.3 is 0 Å². The summed E-state index contributed by atoms with van der Waals surface area (Å²) in [5.41, 5.74) is 0.940. The molecule has 0 radical (unpaired) electrons. The maximum Gasteiger partial charge on any atom is 0.261 e. The summed E-state index contributed by atoms with van der Waals surface area (Å²) in [7, 11) is -2.65. The number of nitrogens with zero attached hydrogens (tertiary/aromatic N) is 5. The van der Waals surface area contributed by atoms with E-state index in [1.54, 1.807) is 25.1 Å². The number of aromatic amines is 1. The number of aromatic nitrogens is 6. The van der Waals surface area contributed by atoms with Crippen LogP contribution in [0.5, 0.6) is 5.88 Å². The van der Waals surface area contributed by atoms with Gasteiger partial charge in [0.2, 0.25) is 5.88 Å². The van der Waals surface area contributed by atoms with E-state index in [0.717, 1.165) is 16.8 Å². The predicted octanol–water partition coefficient (Wildman–Crippen LogP) is 3.60. The van der Waals surface area contributed by atoms with E-state index in [1.807, 2.05) is 0 Å². The van der Waals surface area contributed by atoms with Crippen LogP contribution in [0.1, 0.15) is 5.56 Å². The van der Waals surface area contributed by atoms with Crippen molar-refractivity contribution in [3.8, 4) is 22.8 Å². The number of halogens is 2. The summed E-state index contributed by atoms with van der Waals surface area (Å²) in [6, 6.07) is 9.75. The zero-order chi connectivity index (χ0) is 24.7. The molecule has 5 rings (SSSR count). The maximum absolute atomic E-state index is 15.3. The summed E-state index contributed by atoms with van der Waals surface area (Å²) in [5, 5.41) is 15.1. The van der Waals surface area contributed by atoms with Gasteiger partial charge in [-0.1, -0.05) is 17.3 Å². The van der Waals surface area contributed by atoms with E-state index in [9.17, 15) is 12.8 Å². The van der Waals surface area contributed by atoms with Gasteiger partial charge in [0.15, 0.2) is 17.3 Å². The lowest BCUT2D eigenvalue weighted by molar-refractivity contribution is 0.401. The monoisotopic (exact) mass is 497 g/mol. The number of hydrogen-bond donors (Lipinski definition) is 2. The first-order chi connectivity index (χ1) is 16.8. The second-order valence-electron chi connectivity index (χ2n) is 7.58. The molecule has 2 N–H and O–H groups in total. The van der Waals surface area contributed by atoms with Crippen molar-refractivity contribution >= 4 is 26.7 Å². The van der Waals surface area contributed by atoms with E-state index in [1.165, 1.54) is 31.6 Å². The number of anilines is 1. The molecule has 0 saturated heterocycles. The number of aryl methyl sites for hydroxylation is 1. The number of benzene rings is 2. The van der Waals surface area contributed by atoms with Gasteiger partial charge in [-0.3, -0.25) is 9.82 Å². The van der Waals surface area contributed by atoms with E-state index >= 15 is 4.39 Å². The number of ether oxygens (including phenoxy) is 1. The van der Waals surface area contributed by atoms with Crippen molar-refractivity contribution in [3.05, 3.63) is 72.1 Å². The van der Waals surface area contributed by atoms with Gasteiger partial charge in [-0.05, 0) is 42.8 Å². The van der Waals surface area contributed by atoms with Crippen LogP contribution in [0.2, 0.25) is 0 Å². The third-order valence-electron chi connectivity index (χ3n) is 5.20. The molecule has 5 aromatic rings. The molecule has 0 amide bonds. The van der Waals surface area contributed by atoms with Crippen molar-refractivity contribution in [2.75, 3.05) is 11.8 Å². The number of sulfonamides is 1. The van der Waals surface area contributed by atoms with Crippen LogP contribution in [0.3, 0.4) is 0 Å². The highest BCUT2D eigenvalue weighted by molar-refractivity contribution is 7.92. The molecule has 0 atom stereocenters. The largest absolute Gasteiger partial charge is 0.479 e. The smallest absolute Gasteiger partial charge is 0.261 e. The van der Waals surface area contributed by atoms with Crippen LogP contribution >= 0.6 is 0 Å². The van der Waals surface area contributed by atoms with Crippen LogP contribution in [0, 0.1) is 18.6 Å². The fourth-order valence-corrected chi connectivity index (χ4v) is 4.66. The molecule has 10 nitrogen and oxygen atoms in total. The Bertz CT molecular complexity index is 1680. The molecular weight excluding hydrogens is 480 g/mol. The summed E-state index contributed by atoms with van der Waals surface area (Å²) in [6.07, 6.45) is 2.79. The highest BCUT2D eigenvalue weighted by Gasteiger charge is 2.22. The molecule has 3 aromatic heterocycles. The summed E-state index contributed by atoms with van der Waals surface area (Å²) >= 11 is 0. The highest BCUT2D eigenvalue weighted by Crippen LogP contribution is 2.29. The standard InChI is InChI=1S/C22H17F2N7O3S/c1-12-4-3-5-14(8-12)35(32,33)29-17-7-6-16(23)20(19(17)24)31-11-18(26-30-31)13-9-15-21(25-10-13)27-28-22(15)34-2/h3-11,29H,1-2H3,(H,25,27,28). The summed E-state index contributed by atoms with van der Waals surface area (Å²) < 4.78 is 63.7. The molecule has 0 aliphatic carbocycles. The Kier molecular flexibility index (Phi) is 5.40. The average Bonchev–Trinajstić information content (AvgIpc) is 3.48. The van der Waals surface area contributed by atoms with Crippen molar-refractivity contribution in [1.82, 2.24) is 30.2 Å². The average molecular weight is 497 g/mol. The summed E-state index contributed by atoms with van der Waals surface area (Å²) in [6.45, 7) is 1.73. The molecule has 0 bridgehead atoms. The fraction of sp³-hybridized carbons (Fsp3) is 0.0909. The first kappa shape index (κ1) is 22.4. The summed E-state index contributed by atoms with van der Waals surface area (Å²) in [4.78, 5) is 4.18. The number of pyridine rings is 1. The molecule has 0 unspecified atom stereocenters. The van der Waals surface area contributed by atoms with Gasteiger partial charge in [-0.25, -0.2) is 26.9 Å². The van der Waals surface area contributed by atoms with E-state index in [-0.39, 0.29) is 10.6 Å².